The summed E-state index contributed by atoms with van der Waals surface area (Å²) in [7, 11) is 0. The van der Waals surface area contributed by atoms with Crippen molar-refractivity contribution in [2.75, 3.05) is 5.32 Å². The molecule has 24 heavy (non-hydrogen) atoms. The van der Waals surface area contributed by atoms with Crippen molar-refractivity contribution in [2.24, 2.45) is 0 Å². The normalized spacial score (nSPS) is 11.0. The van der Waals surface area contributed by atoms with Gasteiger partial charge in [-0.05, 0) is 55.3 Å². The highest BCUT2D eigenvalue weighted by Gasteiger charge is 2.08. The van der Waals surface area contributed by atoms with Crippen molar-refractivity contribution in [1.82, 2.24) is 9.97 Å². The smallest absolute Gasteiger partial charge is 0.224 e. The molecule has 3 aromatic rings. The number of carbonyl (C=O) groups excluding carboxylic acids is 1. The second kappa shape index (κ2) is 7.05. The molecular formula is C19H20ClN3O. The monoisotopic (exact) mass is 341 g/mol. The number of aromatic amines is 1. The zero-order valence-corrected chi connectivity index (χ0v) is 14.6. The van der Waals surface area contributed by atoms with Crippen LogP contribution in [0.4, 0.5) is 5.69 Å². The minimum atomic E-state index is 0.0541. The number of benzene rings is 2. The number of rotatable bonds is 5. The van der Waals surface area contributed by atoms with E-state index >= 15 is 0 Å². The third-order valence-corrected chi connectivity index (χ3v) is 4.37. The fraction of sp³-hybridized carbons (Fsp3) is 0.263. The molecule has 5 heteroatoms. The molecule has 1 aromatic heterocycles. The molecule has 1 amide bonds. The molecule has 0 unspecified atom stereocenters. The van der Waals surface area contributed by atoms with Gasteiger partial charge in [-0.15, -0.1) is 0 Å². The van der Waals surface area contributed by atoms with Crippen LogP contribution in [-0.2, 0) is 4.79 Å². The molecule has 3 rings (SSSR count). The molecule has 2 N–H and O–H groups in total. The van der Waals surface area contributed by atoms with Gasteiger partial charge in [-0.25, -0.2) is 4.98 Å². The molecule has 0 saturated heterocycles. The number of imidazole rings is 1. The standard InChI is InChI=1S/C19H20ClN3O/c1-3-4-5-18(24)21-14-8-6-13(7-9-14)19-22-16-10-12(2)15(20)11-17(16)23-19/h6-11H,3-5H2,1-2H3,(H,21,24)(H,22,23). The first-order chi connectivity index (χ1) is 11.6. The number of fused-ring (bicyclic) bond motifs is 1. The molecule has 0 radical (unpaired) electrons. The van der Waals surface area contributed by atoms with E-state index < -0.39 is 0 Å². The van der Waals surface area contributed by atoms with Gasteiger partial charge < -0.3 is 10.3 Å². The van der Waals surface area contributed by atoms with Crippen LogP contribution in [0, 0.1) is 6.92 Å². The molecule has 0 aliphatic carbocycles. The van der Waals surface area contributed by atoms with Gasteiger partial charge in [0.05, 0.1) is 11.0 Å². The maximum atomic E-state index is 11.8. The highest BCUT2D eigenvalue weighted by molar-refractivity contribution is 6.32. The van der Waals surface area contributed by atoms with Crippen LogP contribution in [0.5, 0.6) is 0 Å². The number of carbonyl (C=O) groups is 1. The summed E-state index contributed by atoms with van der Waals surface area (Å²) in [5.41, 5.74) is 4.59. The van der Waals surface area contributed by atoms with Crippen molar-refractivity contribution in [1.29, 1.82) is 0 Å². The van der Waals surface area contributed by atoms with Gasteiger partial charge in [0.2, 0.25) is 5.91 Å². The number of amides is 1. The molecule has 1 heterocycles. The fourth-order valence-corrected chi connectivity index (χ4v) is 2.71. The Morgan fingerprint density at radius 3 is 2.71 bits per heavy atom. The lowest BCUT2D eigenvalue weighted by Gasteiger charge is -2.05. The quantitative estimate of drug-likeness (QED) is 0.659. The van der Waals surface area contributed by atoms with Crippen molar-refractivity contribution < 1.29 is 4.79 Å². The summed E-state index contributed by atoms with van der Waals surface area (Å²) in [6, 6.07) is 11.5. The van der Waals surface area contributed by atoms with Crippen LogP contribution in [0.2, 0.25) is 5.02 Å². The maximum Gasteiger partial charge on any atom is 0.224 e. The molecule has 0 bridgehead atoms. The minimum Gasteiger partial charge on any atom is -0.338 e. The summed E-state index contributed by atoms with van der Waals surface area (Å²) in [5.74, 6) is 0.842. The first kappa shape index (κ1) is 16.5. The van der Waals surface area contributed by atoms with Crippen molar-refractivity contribution >= 4 is 34.2 Å². The number of halogens is 1. The van der Waals surface area contributed by atoms with Crippen molar-refractivity contribution in [3.63, 3.8) is 0 Å². The molecule has 0 saturated carbocycles. The minimum absolute atomic E-state index is 0.0541. The number of hydrogen-bond acceptors (Lipinski definition) is 2. The van der Waals surface area contributed by atoms with Crippen LogP contribution in [-0.4, -0.2) is 15.9 Å². The average molecular weight is 342 g/mol. The van der Waals surface area contributed by atoms with Gasteiger partial charge in [-0.1, -0.05) is 24.9 Å². The number of nitrogens with zero attached hydrogens (tertiary/aromatic N) is 1. The lowest BCUT2D eigenvalue weighted by Crippen LogP contribution is -2.10. The number of hydrogen-bond donors (Lipinski definition) is 2. The summed E-state index contributed by atoms with van der Waals surface area (Å²) >= 11 is 6.15. The number of unbranched alkanes of at least 4 members (excludes halogenated alkanes) is 1. The van der Waals surface area contributed by atoms with E-state index in [4.69, 9.17) is 11.6 Å². The summed E-state index contributed by atoms with van der Waals surface area (Å²) in [5, 5.41) is 3.62. The van der Waals surface area contributed by atoms with E-state index in [1.165, 1.54) is 0 Å². The zero-order valence-electron chi connectivity index (χ0n) is 13.8. The third kappa shape index (κ3) is 3.60. The van der Waals surface area contributed by atoms with E-state index in [-0.39, 0.29) is 5.91 Å². The second-order valence-corrected chi connectivity index (χ2v) is 6.34. The molecule has 4 nitrogen and oxygen atoms in total. The van der Waals surface area contributed by atoms with Crippen LogP contribution in [0.15, 0.2) is 36.4 Å². The van der Waals surface area contributed by atoms with E-state index in [1.807, 2.05) is 43.3 Å². The van der Waals surface area contributed by atoms with E-state index in [0.29, 0.717) is 11.4 Å². The van der Waals surface area contributed by atoms with Gasteiger partial charge in [0.25, 0.3) is 0 Å². The predicted octanol–water partition coefficient (Wildman–Crippen LogP) is 5.32. The molecule has 0 aliphatic rings. The van der Waals surface area contributed by atoms with Crippen LogP contribution in [0.3, 0.4) is 0 Å². The summed E-state index contributed by atoms with van der Waals surface area (Å²) < 4.78 is 0. The molecule has 124 valence electrons. The zero-order chi connectivity index (χ0) is 17.1. The molecule has 2 aromatic carbocycles. The lowest BCUT2D eigenvalue weighted by molar-refractivity contribution is -0.116. The van der Waals surface area contributed by atoms with Crippen LogP contribution >= 0.6 is 11.6 Å². The molecular weight excluding hydrogens is 322 g/mol. The van der Waals surface area contributed by atoms with E-state index in [9.17, 15) is 4.79 Å². The number of H-pyrrole nitrogens is 1. The Bertz CT molecular complexity index is 829. The topological polar surface area (TPSA) is 57.8 Å². The second-order valence-electron chi connectivity index (χ2n) is 5.93. The number of nitrogens with one attached hydrogen (secondary N) is 2. The number of aryl methyl sites for hydroxylation is 1. The Balaban J connectivity index is 1.79. The molecule has 0 aliphatic heterocycles. The van der Waals surface area contributed by atoms with Gasteiger partial charge in [-0.3, -0.25) is 4.79 Å². The number of anilines is 1. The van der Waals surface area contributed by atoms with Crippen LogP contribution < -0.4 is 5.32 Å². The Morgan fingerprint density at radius 1 is 1.25 bits per heavy atom. The first-order valence-electron chi connectivity index (χ1n) is 8.13. The molecule has 0 atom stereocenters. The first-order valence-corrected chi connectivity index (χ1v) is 8.51. The van der Waals surface area contributed by atoms with E-state index in [1.54, 1.807) is 0 Å². The highest BCUT2D eigenvalue weighted by atomic mass is 35.5. The van der Waals surface area contributed by atoms with Crippen molar-refractivity contribution in [2.45, 2.75) is 33.1 Å². The van der Waals surface area contributed by atoms with Crippen LogP contribution in [0.1, 0.15) is 31.7 Å². The van der Waals surface area contributed by atoms with E-state index in [0.717, 1.165) is 46.5 Å². The van der Waals surface area contributed by atoms with Gasteiger partial charge in [0.15, 0.2) is 0 Å². The SMILES string of the molecule is CCCCC(=O)Nc1ccc(-c2nc3cc(Cl)c(C)cc3[nH]2)cc1. The number of aromatic nitrogens is 2. The Hall–Kier alpha value is -2.33. The highest BCUT2D eigenvalue weighted by Crippen LogP contribution is 2.26. The van der Waals surface area contributed by atoms with Gasteiger partial charge in [0.1, 0.15) is 5.82 Å². The van der Waals surface area contributed by atoms with Crippen LogP contribution in [0.25, 0.3) is 22.4 Å². The fourth-order valence-electron chi connectivity index (χ4n) is 2.55. The molecule has 0 spiro atoms. The van der Waals surface area contributed by atoms with E-state index in [2.05, 4.69) is 22.2 Å². The predicted molar refractivity (Wildman–Crippen MR) is 99.4 cm³/mol. The Labute approximate surface area is 146 Å². The maximum absolute atomic E-state index is 11.8. The lowest BCUT2D eigenvalue weighted by atomic mass is 10.2. The summed E-state index contributed by atoms with van der Waals surface area (Å²) in [4.78, 5) is 19.7. The Morgan fingerprint density at radius 2 is 2.00 bits per heavy atom. The van der Waals surface area contributed by atoms with Gasteiger partial charge in [0, 0.05) is 22.7 Å². The van der Waals surface area contributed by atoms with Crippen molar-refractivity contribution in [3.05, 3.63) is 47.0 Å². The largest absolute Gasteiger partial charge is 0.338 e. The van der Waals surface area contributed by atoms with Gasteiger partial charge in [-0.2, -0.15) is 0 Å². The Kier molecular flexibility index (Phi) is 4.86. The summed E-state index contributed by atoms with van der Waals surface area (Å²) in [6.07, 6.45) is 2.48. The van der Waals surface area contributed by atoms with Crippen molar-refractivity contribution in [3.8, 4) is 11.4 Å². The average Bonchev–Trinajstić information content (AvgIpc) is 2.96. The molecule has 0 fully saturated rings. The van der Waals surface area contributed by atoms with Gasteiger partial charge >= 0.3 is 0 Å². The summed E-state index contributed by atoms with van der Waals surface area (Å²) in [6.45, 7) is 4.04. The third-order valence-electron chi connectivity index (χ3n) is 3.96.